The molecule has 1 N–H and O–H groups in total. The van der Waals surface area contributed by atoms with Gasteiger partial charge in [-0.05, 0) is 21.0 Å². The van der Waals surface area contributed by atoms with Gasteiger partial charge in [-0.3, -0.25) is 9.69 Å². The van der Waals surface area contributed by atoms with E-state index in [-0.39, 0.29) is 24.6 Å². The fourth-order valence-electron chi connectivity index (χ4n) is 1.97. The number of rotatable bonds is 4. The molecule has 1 aliphatic rings. The Hall–Kier alpha value is -0.650. The van der Waals surface area contributed by atoms with Crippen LogP contribution in [0.25, 0.3) is 0 Å². The van der Waals surface area contributed by atoms with Gasteiger partial charge in [0.2, 0.25) is 5.91 Å². The number of amides is 1. The summed E-state index contributed by atoms with van der Waals surface area (Å²) in [5.74, 6) is 0.0278. The van der Waals surface area contributed by atoms with E-state index in [1.165, 1.54) is 0 Å². The first-order valence-corrected chi connectivity index (χ1v) is 5.73. The van der Waals surface area contributed by atoms with Crippen molar-refractivity contribution in [3.8, 4) is 0 Å². The van der Waals surface area contributed by atoms with Gasteiger partial charge in [0.15, 0.2) is 0 Å². The zero-order valence-electron chi connectivity index (χ0n) is 10.7. The van der Waals surface area contributed by atoms with Gasteiger partial charge < -0.3 is 14.9 Å². The van der Waals surface area contributed by atoms with Gasteiger partial charge in [0.05, 0.1) is 6.61 Å². The Morgan fingerprint density at radius 2 is 2.12 bits per heavy atom. The normalized spacial score (nSPS) is 27.9. The van der Waals surface area contributed by atoms with Crippen molar-refractivity contribution in [1.29, 1.82) is 0 Å². The van der Waals surface area contributed by atoms with Crippen molar-refractivity contribution in [2.24, 2.45) is 0 Å². The molecular formula is C11H23N3O2. The van der Waals surface area contributed by atoms with Crippen LogP contribution in [-0.4, -0.2) is 85.2 Å². The Morgan fingerprint density at radius 3 is 2.62 bits per heavy atom. The van der Waals surface area contributed by atoms with Crippen LogP contribution in [0.15, 0.2) is 0 Å². The monoisotopic (exact) mass is 229 g/mol. The van der Waals surface area contributed by atoms with E-state index in [0.29, 0.717) is 0 Å². The Morgan fingerprint density at radius 1 is 1.50 bits per heavy atom. The molecule has 0 spiro atoms. The van der Waals surface area contributed by atoms with Crippen LogP contribution in [-0.2, 0) is 4.79 Å². The number of piperazine rings is 1. The molecule has 1 fully saturated rings. The molecule has 2 unspecified atom stereocenters. The smallest absolute Gasteiger partial charge is 0.242 e. The van der Waals surface area contributed by atoms with Crippen LogP contribution in [0.5, 0.6) is 0 Å². The lowest BCUT2D eigenvalue weighted by atomic mass is 10.1. The summed E-state index contributed by atoms with van der Waals surface area (Å²) in [5, 5.41) is 9.30. The van der Waals surface area contributed by atoms with E-state index in [1.54, 1.807) is 11.9 Å². The van der Waals surface area contributed by atoms with Crippen molar-refractivity contribution in [3.63, 3.8) is 0 Å². The lowest BCUT2D eigenvalue weighted by molar-refractivity contribution is -0.145. The molecule has 1 rings (SSSR count). The highest BCUT2D eigenvalue weighted by Gasteiger charge is 2.35. The number of carbonyl (C=O) groups excluding carboxylic acids is 1. The van der Waals surface area contributed by atoms with E-state index < -0.39 is 0 Å². The highest BCUT2D eigenvalue weighted by molar-refractivity contribution is 5.82. The minimum atomic E-state index is -0.360. The molecule has 1 aliphatic heterocycles. The maximum atomic E-state index is 11.9. The van der Waals surface area contributed by atoms with Crippen molar-refractivity contribution < 1.29 is 9.90 Å². The summed E-state index contributed by atoms with van der Waals surface area (Å²) in [6.45, 7) is 4.50. The highest BCUT2D eigenvalue weighted by Crippen LogP contribution is 2.14. The van der Waals surface area contributed by atoms with Gasteiger partial charge in [0.1, 0.15) is 6.04 Å². The van der Waals surface area contributed by atoms with Gasteiger partial charge in [0, 0.05) is 32.7 Å². The minimum Gasteiger partial charge on any atom is -0.394 e. The van der Waals surface area contributed by atoms with E-state index in [1.807, 2.05) is 21.0 Å². The van der Waals surface area contributed by atoms with Gasteiger partial charge in [-0.1, -0.05) is 0 Å². The third-order valence-corrected chi connectivity index (χ3v) is 3.24. The molecule has 94 valence electrons. The zero-order valence-corrected chi connectivity index (χ0v) is 10.7. The molecule has 1 saturated heterocycles. The van der Waals surface area contributed by atoms with E-state index >= 15 is 0 Å². The first-order chi connectivity index (χ1) is 7.47. The van der Waals surface area contributed by atoms with Crippen molar-refractivity contribution in [1.82, 2.24) is 14.7 Å². The third-order valence-electron chi connectivity index (χ3n) is 3.24. The molecular weight excluding hydrogens is 206 g/mol. The van der Waals surface area contributed by atoms with Crippen LogP contribution in [0, 0.1) is 0 Å². The number of likely N-dealkylation sites (N-methyl/N-ethyl adjacent to an activating group) is 2. The summed E-state index contributed by atoms with van der Waals surface area (Å²) in [6.07, 6.45) is 0. The largest absolute Gasteiger partial charge is 0.394 e. The van der Waals surface area contributed by atoms with Crippen LogP contribution < -0.4 is 0 Å². The van der Waals surface area contributed by atoms with Gasteiger partial charge in [0.25, 0.3) is 0 Å². The van der Waals surface area contributed by atoms with Crippen LogP contribution in [0.3, 0.4) is 0 Å². The predicted molar refractivity (Wildman–Crippen MR) is 63.2 cm³/mol. The molecule has 0 radical (unpaired) electrons. The van der Waals surface area contributed by atoms with Crippen LogP contribution >= 0.6 is 0 Å². The average Bonchev–Trinajstić information content (AvgIpc) is 2.23. The Balaban J connectivity index is 2.63. The number of carbonyl (C=O) groups is 1. The van der Waals surface area contributed by atoms with Crippen molar-refractivity contribution >= 4 is 5.91 Å². The molecule has 16 heavy (non-hydrogen) atoms. The van der Waals surface area contributed by atoms with Crippen molar-refractivity contribution in [2.45, 2.75) is 19.0 Å². The molecule has 1 amide bonds. The number of hydrogen-bond acceptors (Lipinski definition) is 4. The maximum Gasteiger partial charge on any atom is 0.242 e. The fourth-order valence-corrected chi connectivity index (χ4v) is 1.97. The SMILES string of the molecule is CC1CN(CCN(C)C)C(CO)C(=O)N1C. The fraction of sp³-hybridized carbons (Fsp3) is 0.909. The van der Waals surface area contributed by atoms with E-state index in [9.17, 15) is 9.90 Å². The van der Waals surface area contributed by atoms with Gasteiger partial charge in [-0.25, -0.2) is 0 Å². The lowest BCUT2D eigenvalue weighted by Gasteiger charge is -2.42. The molecule has 0 aromatic rings. The molecule has 5 nitrogen and oxygen atoms in total. The van der Waals surface area contributed by atoms with E-state index in [2.05, 4.69) is 9.80 Å². The highest BCUT2D eigenvalue weighted by atomic mass is 16.3. The summed E-state index contributed by atoms with van der Waals surface area (Å²) in [7, 11) is 5.82. The quantitative estimate of drug-likeness (QED) is 0.677. The van der Waals surface area contributed by atoms with Gasteiger partial charge in [-0.2, -0.15) is 0 Å². The second-order valence-corrected chi connectivity index (χ2v) is 4.79. The molecule has 0 saturated carbocycles. The number of aliphatic hydroxyl groups is 1. The Bertz CT molecular complexity index is 245. The molecule has 2 atom stereocenters. The minimum absolute atomic E-state index is 0.0278. The summed E-state index contributed by atoms with van der Waals surface area (Å²) >= 11 is 0. The summed E-state index contributed by atoms with van der Waals surface area (Å²) in [4.78, 5) is 17.8. The molecule has 1 heterocycles. The average molecular weight is 229 g/mol. The number of hydrogen-bond donors (Lipinski definition) is 1. The number of nitrogens with zero attached hydrogens (tertiary/aromatic N) is 3. The lowest BCUT2D eigenvalue weighted by Crippen LogP contribution is -2.61. The van der Waals surface area contributed by atoms with E-state index in [0.717, 1.165) is 19.6 Å². The first kappa shape index (κ1) is 13.4. The molecule has 0 aromatic carbocycles. The van der Waals surface area contributed by atoms with Crippen molar-refractivity contribution in [3.05, 3.63) is 0 Å². The van der Waals surface area contributed by atoms with Crippen LogP contribution in [0.4, 0.5) is 0 Å². The number of aliphatic hydroxyl groups excluding tert-OH is 1. The van der Waals surface area contributed by atoms with E-state index in [4.69, 9.17) is 0 Å². The van der Waals surface area contributed by atoms with Gasteiger partial charge >= 0.3 is 0 Å². The van der Waals surface area contributed by atoms with Crippen LogP contribution in [0.1, 0.15) is 6.92 Å². The summed E-state index contributed by atoms with van der Waals surface area (Å²) < 4.78 is 0. The third kappa shape index (κ3) is 2.93. The zero-order chi connectivity index (χ0) is 12.3. The molecule has 0 bridgehead atoms. The molecule has 5 heteroatoms. The Labute approximate surface area is 97.6 Å². The topological polar surface area (TPSA) is 47.0 Å². The second-order valence-electron chi connectivity index (χ2n) is 4.79. The maximum absolute atomic E-state index is 11.9. The predicted octanol–water partition coefficient (Wildman–Crippen LogP) is -0.929. The van der Waals surface area contributed by atoms with Crippen molar-refractivity contribution in [2.75, 3.05) is 47.4 Å². The standard InChI is InChI=1S/C11H23N3O2/c1-9-7-14(6-5-12(2)3)10(8-15)11(16)13(9)4/h9-10,15H,5-8H2,1-4H3. The first-order valence-electron chi connectivity index (χ1n) is 5.73. The second kappa shape index (κ2) is 5.61. The summed E-state index contributed by atoms with van der Waals surface area (Å²) in [5.41, 5.74) is 0. The Kier molecular flexibility index (Phi) is 4.70. The molecule has 0 aromatic heterocycles. The molecule has 0 aliphatic carbocycles. The van der Waals surface area contributed by atoms with Crippen LogP contribution in [0.2, 0.25) is 0 Å². The summed E-state index contributed by atoms with van der Waals surface area (Å²) in [6, 6.07) is -0.140. The van der Waals surface area contributed by atoms with Gasteiger partial charge in [-0.15, -0.1) is 0 Å².